The van der Waals surface area contributed by atoms with Crippen molar-refractivity contribution in [2.75, 3.05) is 31.1 Å². The van der Waals surface area contributed by atoms with Gasteiger partial charge in [0.2, 0.25) is 5.91 Å². The molecule has 2 amide bonds. The highest BCUT2D eigenvalue weighted by atomic mass is 16.6. The van der Waals surface area contributed by atoms with Crippen LogP contribution in [0.15, 0.2) is 54.6 Å². The van der Waals surface area contributed by atoms with E-state index in [9.17, 15) is 19.2 Å². The third-order valence-electron chi connectivity index (χ3n) is 8.66. The normalized spacial score (nSPS) is 17.8. The quantitative estimate of drug-likeness (QED) is 0.164. The number of hydrogen-bond acceptors (Lipinski definition) is 8. The predicted molar refractivity (Wildman–Crippen MR) is 180 cm³/mol. The molecular formula is C37H51N3O7. The lowest BCUT2D eigenvalue weighted by atomic mass is 9.91. The summed E-state index contributed by atoms with van der Waals surface area (Å²) in [5, 5.41) is 3.32. The zero-order chi connectivity index (χ0) is 33.8. The molecule has 4 rings (SSSR count). The van der Waals surface area contributed by atoms with E-state index in [0.29, 0.717) is 44.0 Å². The fourth-order valence-electron chi connectivity index (χ4n) is 6.29. The van der Waals surface area contributed by atoms with Crippen LogP contribution in [-0.2, 0) is 41.6 Å². The number of rotatable bonds is 13. The molecule has 256 valence electrons. The van der Waals surface area contributed by atoms with Crippen LogP contribution in [0.1, 0.15) is 83.8 Å². The summed E-state index contributed by atoms with van der Waals surface area (Å²) in [4.78, 5) is 55.6. The number of fused-ring (bicyclic) bond motifs is 1. The zero-order valence-corrected chi connectivity index (χ0v) is 28.4. The smallest absolute Gasteiger partial charge is 0.410 e. The molecule has 2 heterocycles. The number of nitrogens with one attached hydrogen (secondary N) is 1. The number of hydrogen-bond donors (Lipinski definition) is 1. The Kier molecular flexibility index (Phi) is 13.2. The summed E-state index contributed by atoms with van der Waals surface area (Å²) in [5.74, 6) is -0.615. The summed E-state index contributed by atoms with van der Waals surface area (Å²) in [7, 11) is 0. The van der Waals surface area contributed by atoms with Crippen LogP contribution in [0.3, 0.4) is 0 Å². The maximum atomic E-state index is 13.9. The molecule has 1 saturated heterocycles. The third kappa shape index (κ3) is 11.1. The van der Waals surface area contributed by atoms with Crippen LogP contribution in [0.4, 0.5) is 10.5 Å². The summed E-state index contributed by atoms with van der Waals surface area (Å²) >= 11 is 0. The Morgan fingerprint density at radius 2 is 1.64 bits per heavy atom. The molecule has 0 spiro atoms. The van der Waals surface area contributed by atoms with Gasteiger partial charge in [0.25, 0.3) is 0 Å². The number of para-hydroxylation sites is 1. The molecule has 2 aromatic rings. The molecule has 2 aliphatic heterocycles. The first kappa shape index (κ1) is 35.9. The summed E-state index contributed by atoms with van der Waals surface area (Å²) in [5.41, 5.74) is 1.95. The fourth-order valence-corrected chi connectivity index (χ4v) is 6.29. The van der Waals surface area contributed by atoms with Gasteiger partial charge in [-0.15, -0.1) is 0 Å². The fraction of sp³-hybridized carbons (Fsp3) is 0.568. The minimum absolute atomic E-state index is 0.209. The molecule has 0 saturated carbocycles. The second-order valence-electron chi connectivity index (χ2n) is 13.5. The standard InChI is InChI=1S/C37H51N3O7/c1-5-45-35(43)31(17-11-9-13-27-21-23-39(24-22-27)36(44)46-26-28-14-7-6-8-15-28)38-30-20-19-29-16-10-12-18-32(29)40(34(30)42)25-33(41)47-37(2,3)4/h6-8,10,12,14-16,18,27,30-31,38H,5,9,11,13,17,19-26H2,1-4H3/t30?,31-/m1/s1. The largest absolute Gasteiger partial charge is 0.465 e. The summed E-state index contributed by atoms with van der Waals surface area (Å²) < 4.78 is 16.4. The van der Waals surface area contributed by atoms with E-state index in [1.165, 1.54) is 4.90 Å². The Balaban J connectivity index is 1.28. The molecule has 0 aromatic heterocycles. The number of amides is 2. The number of piperidine rings is 1. The van der Waals surface area contributed by atoms with E-state index in [-0.39, 0.29) is 37.7 Å². The summed E-state index contributed by atoms with van der Waals surface area (Å²) in [6.07, 6.45) is 5.94. The number of carbonyl (C=O) groups is 4. The highest BCUT2D eigenvalue weighted by Crippen LogP contribution is 2.28. The first-order valence-electron chi connectivity index (χ1n) is 17.0. The van der Waals surface area contributed by atoms with Crippen LogP contribution in [0, 0.1) is 5.92 Å². The van der Waals surface area contributed by atoms with Gasteiger partial charge in [-0.1, -0.05) is 67.8 Å². The third-order valence-corrected chi connectivity index (χ3v) is 8.66. The highest BCUT2D eigenvalue weighted by Gasteiger charge is 2.35. The van der Waals surface area contributed by atoms with Crippen molar-refractivity contribution in [2.45, 2.75) is 103 Å². The number of esters is 2. The molecule has 2 atom stereocenters. The highest BCUT2D eigenvalue weighted by molar-refractivity contribution is 6.02. The van der Waals surface area contributed by atoms with E-state index in [1.807, 2.05) is 54.6 Å². The van der Waals surface area contributed by atoms with E-state index in [2.05, 4.69) is 5.32 Å². The van der Waals surface area contributed by atoms with E-state index in [0.717, 1.165) is 43.2 Å². The van der Waals surface area contributed by atoms with Crippen LogP contribution >= 0.6 is 0 Å². The number of aryl methyl sites for hydroxylation is 1. The summed E-state index contributed by atoms with van der Waals surface area (Å²) in [6.45, 7) is 8.83. The number of likely N-dealkylation sites (tertiary alicyclic amines) is 1. The molecular weight excluding hydrogens is 598 g/mol. The second-order valence-corrected chi connectivity index (χ2v) is 13.5. The van der Waals surface area contributed by atoms with E-state index in [4.69, 9.17) is 14.2 Å². The molecule has 1 unspecified atom stereocenters. The lowest BCUT2D eigenvalue weighted by Crippen LogP contribution is -2.53. The number of carbonyl (C=O) groups excluding carboxylic acids is 4. The first-order valence-corrected chi connectivity index (χ1v) is 17.0. The average Bonchev–Trinajstić information content (AvgIpc) is 3.17. The average molecular weight is 650 g/mol. The van der Waals surface area contributed by atoms with Gasteiger partial charge in [-0.2, -0.15) is 0 Å². The zero-order valence-electron chi connectivity index (χ0n) is 28.4. The van der Waals surface area contributed by atoms with Crippen molar-refractivity contribution in [1.29, 1.82) is 0 Å². The SMILES string of the molecule is CCOC(=O)[C@@H](CCCCC1CCN(C(=O)OCc2ccccc2)CC1)NC1CCc2ccccc2N(CC(=O)OC(C)(C)C)C1=O. The molecule has 10 heteroatoms. The predicted octanol–water partition coefficient (Wildman–Crippen LogP) is 5.81. The van der Waals surface area contributed by atoms with Gasteiger partial charge >= 0.3 is 18.0 Å². The first-order chi connectivity index (χ1) is 22.5. The van der Waals surface area contributed by atoms with Gasteiger partial charge in [-0.25, -0.2) is 4.79 Å². The Bertz CT molecular complexity index is 1330. The van der Waals surface area contributed by atoms with Gasteiger partial charge in [0.15, 0.2) is 0 Å². The van der Waals surface area contributed by atoms with Crippen LogP contribution in [0.25, 0.3) is 0 Å². The van der Waals surface area contributed by atoms with Crippen LogP contribution < -0.4 is 10.2 Å². The van der Waals surface area contributed by atoms with Crippen LogP contribution in [0.2, 0.25) is 0 Å². The van der Waals surface area contributed by atoms with Crippen molar-refractivity contribution < 1.29 is 33.4 Å². The van der Waals surface area contributed by atoms with Gasteiger partial charge in [0.1, 0.15) is 24.8 Å². The molecule has 1 fully saturated rings. The molecule has 2 aliphatic rings. The summed E-state index contributed by atoms with van der Waals surface area (Å²) in [6, 6.07) is 16.0. The molecule has 0 radical (unpaired) electrons. The van der Waals surface area contributed by atoms with Gasteiger partial charge in [-0.05, 0) is 82.9 Å². The van der Waals surface area contributed by atoms with E-state index in [1.54, 1.807) is 32.6 Å². The Morgan fingerprint density at radius 3 is 2.34 bits per heavy atom. The topological polar surface area (TPSA) is 114 Å². The maximum absolute atomic E-state index is 13.9. The van der Waals surface area contributed by atoms with Gasteiger partial charge in [0.05, 0.1) is 12.6 Å². The monoisotopic (exact) mass is 649 g/mol. The minimum atomic E-state index is -0.677. The van der Waals surface area contributed by atoms with Crippen LogP contribution in [0.5, 0.6) is 0 Å². The second kappa shape index (κ2) is 17.3. The van der Waals surface area contributed by atoms with Gasteiger partial charge < -0.3 is 19.1 Å². The molecule has 47 heavy (non-hydrogen) atoms. The van der Waals surface area contributed by atoms with E-state index < -0.39 is 23.7 Å². The molecule has 2 aromatic carbocycles. The lowest BCUT2D eigenvalue weighted by molar-refractivity contribution is -0.154. The number of unbranched alkanes of at least 4 members (excludes halogenated alkanes) is 1. The van der Waals surface area contributed by atoms with Gasteiger partial charge in [-0.3, -0.25) is 24.6 Å². The number of anilines is 1. The van der Waals surface area contributed by atoms with Crippen molar-refractivity contribution in [1.82, 2.24) is 10.2 Å². The molecule has 0 aliphatic carbocycles. The van der Waals surface area contributed by atoms with Crippen molar-refractivity contribution in [2.24, 2.45) is 5.92 Å². The number of nitrogens with zero attached hydrogens (tertiary/aromatic N) is 2. The molecule has 1 N–H and O–H groups in total. The van der Waals surface area contributed by atoms with E-state index >= 15 is 0 Å². The van der Waals surface area contributed by atoms with Crippen LogP contribution in [-0.4, -0.2) is 72.8 Å². The van der Waals surface area contributed by atoms with Crippen molar-refractivity contribution in [3.05, 3.63) is 65.7 Å². The number of ether oxygens (including phenoxy) is 3. The van der Waals surface area contributed by atoms with Crippen molar-refractivity contribution in [3.8, 4) is 0 Å². The Morgan fingerprint density at radius 1 is 0.936 bits per heavy atom. The lowest BCUT2D eigenvalue weighted by Gasteiger charge is -2.31. The van der Waals surface area contributed by atoms with Crippen molar-refractivity contribution >= 4 is 29.6 Å². The minimum Gasteiger partial charge on any atom is -0.465 e. The number of benzene rings is 2. The van der Waals surface area contributed by atoms with Gasteiger partial charge in [0, 0.05) is 18.8 Å². The molecule has 0 bridgehead atoms. The maximum Gasteiger partial charge on any atom is 0.410 e. The molecule has 10 nitrogen and oxygen atoms in total. The Hall–Kier alpha value is -3.92. The van der Waals surface area contributed by atoms with Crippen molar-refractivity contribution in [3.63, 3.8) is 0 Å². The Labute approximate surface area is 279 Å².